The van der Waals surface area contributed by atoms with Crippen LogP contribution >= 0.6 is 0 Å². The van der Waals surface area contributed by atoms with E-state index in [2.05, 4.69) is 63.9 Å². The van der Waals surface area contributed by atoms with Crippen molar-refractivity contribution < 1.29 is 4.74 Å². The Bertz CT molecular complexity index is 1220. The maximum atomic E-state index is 9.43. The van der Waals surface area contributed by atoms with E-state index < -0.39 is 0 Å². The average Bonchev–Trinajstić information content (AvgIpc) is 3.31. The minimum Gasteiger partial charge on any atom is -0.473 e. The van der Waals surface area contributed by atoms with E-state index in [4.69, 9.17) is 4.74 Å². The van der Waals surface area contributed by atoms with Gasteiger partial charge in [-0.15, -0.1) is 10.2 Å². The molecular formula is C34H48N6O. The van der Waals surface area contributed by atoms with Gasteiger partial charge in [-0.3, -0.25) is 0 Å². The number of nitriles is 1. The Labute approximate surface area is 246 Å². The van der Waals surface area contributed by atoms with Crippen molar-refractivity contribution in [2.75, 3.05) is 49.1 Å². The Morgan fingerprint density at radius 3 is 2.37 bits per heavy atom. The van der Waals surface area contributed by atoms with Crippen LogP contribution < -0.4 is 14.5 Å². The molecule has 7 heteroatoms. The first-order valence-corrected chi connectivity index (χ1v) is 16.2. The van der Waals surface area contributed by atoms with Gasteiger partial charge in [-0.05, 0) is 106 Å². The Balaban J connectivity index is 0.987. The van der Waals surface area contributed by atoms with Crippen LogP contribution in [0.4, 0.5) is 11.5 Å². The second kappa shape index (κ2) is 12.2. The van der Waals surface area contributed by atoms with Crippen LogP contribution in [0.25, 0.3) is 0 Å². The zero-order valence-corrected chi connectivity index (χ0v) is 25.4. The van der Waals surface area contributed by atoms with Gasteiger partial charge in [-0.25, -0.2) is 0 Å². The Kier molecular flexibility index (Phi) is 8.40. The Morgan fingerprint density at radius 2 is 1.68 bits per heavy atom. The Hall–Kier alpha value is -2.85. The highest BCUT2D eigenvalue weighted by atomic mass is 16.5. The topological polar surface area (TPSA) is 68.5 Å². The summed E-state index contributed by atoms with van der Waals surface area (Å²) in [5, 5.41) is 18.5. The number of hydrogen-bond donors (Lipinski definition) is 0. The first-order chi connectivity index (χ1) is 19.9. The second-order valence-electron chi connectivity index (χ2n) is 13.5. The van der Waals surface area contributed by atoms with Crippen LogP contribution in [0.1, 0.15) is 87.8 Å². The summed E-state index contributed by atoms with van der Waals surface area (Å²) >= 11 is 0. The maximum absolute atomic E-state index is 9.43. The molecule has 4 fully saturated rings. The largest absolute Gasteiger partial charge is 0.473 e. The van der Waals surface area contributed by atoms with E-state index >= 15 is 0 Å². The molecule has 6 rings (SSSR count). The van der Waals surface area contributed by atoms with Gasteiger partial charge in [0.15, 0.2) is 5.82 Å². The minimum absolute atomic E-state index is 0.253. The third-order valence-corrected chi connectivity index (χ3v) is 10.8. The summed E-state index contributed by atoms with van der Waals surface area (Å²) in [7, 11) is 0. The molecule has 7 nitrogen and oxygen atoms in total. The summed E-state index contributed by atoms with van der Waals surface area (Å²) < 4.78 is 6.27. The van der Waals surface area contributed by atoms with Crippen LogP contribution in [0.2, 0.25) is 0 Å². The van der Waals surface area contributed by atoms with E-state index in [1.54, 1.807) is 0 Å². The van der Waals surface area contributed by atoms with E-state index in [9.17, 15) is 5.26 Å². The SMILES string of the molecule is Cc1c(C#N)ccc(N2CC3(CCN(c4ccc(OC5CCN(CC6CCCCC6)CC5)nn4)CC3)C[C@@H]2C)c1C. The number of piperidine rings is 2. The maximum Gasteiger partial charge on any atom is 0.233 e. The van der Waals surface area contributed by atoms with Gasteiger partial charge in [0.05, 0.1) is 11.6 Å². The molecule has 1 atom stereocenters. The van der Waals surface area contributed by atoms with Crippen molar-refractivity contribution in [3.63, 3.8) is 0 Å². The molecule has 2 aromatic rings. The summed E-state index contributed by atoms with van der Waals surface area (Å²) in [5.41, 5.74) is 4.78. The van der Waals surface area contributed by atoms with Crippen LogP contribution in [-0.4, -0.2) is 66.5 Å². The molecule has 0 radical (unpaired) electrons. The van der Waals surface area contributed by atoms with E-state index in [0.29, 0.717) is 17.3 Å². The van der Waals surface area contributed by atoms with Crippen molar-refractivity contribution in [2.24, 2.45) is 11.3 Å². The monoisotopic (exact) mass is 556 g/mol. The predicted molar refractivity (Wildman–Crippen MR) is 165 cm³/mol. The standard InChI is InChI=1S/C34H48N6O/c1-25-21-34(24-40(25)31-10-9-29(22-35)26(2)27(31)3)15-19-39(20-16-34)32-11-12-33(37-36-32)41-30-13-17-38(18-14-30)23-28-7-5-4-6-8-28/h9-12,25,28,30H,4-8,13-21,23-24H2,1-3H3/t25-/m0/s1. The molecule has 41 heavy (non-hydrogen) atoms. The van der Waals surface area contributed by atoms with Crippen LogP contribution in [0.3, 0.4) is 0 Å². The van der Waals surface area contributed by atoms with Crippen LogP contribution in [0.5, 0.6) is 5.88 Å². The molecule has 4 heterocycles. The highest BCUT2D eigenvalue weighted by molar-refractivity contribution is 5.61. The number of likely N-dealkylation sites (tertiary alicyclic amines) is 1. The zero-order chi connectivity index (χ0) is 28.4. The van der Waals surface area contributed by atoms with E-state index in [1.165, 1.54) is 69.2 Å². The molecule has 1 aliphatic carbocycles. The summed E-state index contributed by atoms with van der Waals surface area (Å²) in [4.78, 5) is 7.65. The smallest absolute Gasteiger partial charge is 0.233 e. The molecule has 1 spiro atoms. The van der Waals surface area contributed by atoms with Crippen molar-refractivity contribution in [3.05, 3.63) is 41.0 Å². The quantitative estimate of drug-likeness (QED) is 0.415. The van der Waals surface area contributed by atoms with Crippen molar-refractivity contribution >= 4 is 11.5 Å². The summed E-state index contributed by atoms with van der Waals surface area (Å²) in [5.74, 6) is 2.55. The van der Waals surface area contributed by atoms with Gasteiger partial charge in [0.25, 0.3) is 0 Å². The number of rotatable bonds is 6. The molecule has 3 saturated heterocycles. The molecule has 4 aliphatic rings. The van der Waals surface area contributed by atoms with Crippen molar-refractivity contribution in [1.82, 2.24) is 15.1 Å². The van der Waals surface area contributed by atoms with Crippen molar-refractivity contribution in [2.45, 2.75) is 97.1 Å². The zero-order valence-electron chi connectivity index (χ0n) is 25.4. The lowest BCUT2D eigenvalue weighted by Gasteiger charge is -2.40. The molecule has 0 amide bonds. The summed E-state index contributed by atoms with van der Waals surface area (Å²) in [6, 6.07) is 11.1. The molecule has 1 saturated carbocycles. The van der Waals surface area contributed by atoms with Crippen LogP contribution in [0, 0.1) is 36.5 Å². The van der Waals surface area contributed by atoms with Gasteiger partial charge in [-0.2, -0.15) is 5.26 Å². The third-order valence-electron chi connectivity index (χ3n) is 10.8. The average molecular weight is 557 g/mol. The molecule has 1 aromatic heterocycles. The van der Waals surface area contributed by atoms with Gasteiger partial charge in [-0.1, -0.05) is 19.3 Å². The Morgan fingerprint density at radius 1 is 0.927 bits per heavy atom. The molecule has 3 aliphatic heterocycles. The summed E-state index contributed by atoms with van der Waals surface area (Å²) in [6.45, 7) is 13.3. The number of benzene rings is 1. The lowest BCUT2D eigenvalue weighted by atomic mass is 9.77. The molecule has 0 unspecified atom stereocenters. The number of anilines is 2. The third kappa shape index (κ3) is 6.18. The van der Waals surface area contributed by atoms with Crippen LogP contribution in [-0.2, 0) is 0 Å². The normalized spacial score (nSPS) is 24.1. The number of nitrogens with zero attached hydrogens (tertiary/aromatic N) is 6. The molecule has 220 valence electrons. The van der Waals surface area contributed by atoms with Crippen molar-refractivity contribution in [3.8, 4) is 11.9 Å². The van der Waals surface area contributed by atoms with Crippen LogP contribution in [0.15, 0.2) is 24.3 Å². The first-order valence-electron chi connectivity index (χ1n) is 16.2. The second-order valence-corrected chi connectivity index (χ2v) is 13.5. The lowest BCUT2D eigenvalue weighted by Crippen LogP contribution is -2.42. The molecule has 1 aromatic carbocycles. The lowest BCUT2D eigenvalue weighted by molar-refractivity contribution is 0.0827. The van der Waals surface area contributed by atoms with E-state index in [1.807, 2.05) is 12.1 Å². The molecular weight excluding hydrogens is 508 g/mol. The highest BCUT2D eigenvalue weighted by Gasteiger charge is 2.44. The molecule has 0 N–H and O–H groups in total. The fourth-order valence-electron chi connectivity index (χ4n) is 8.11. The summed E-state index contributed by atoms with van der Waals surface area (Å²) in [6.07, 6.45) is 13.1. The van der Waals surface area contributed by atoms with Gasteiger partial charge in [0.1, 0.15) is 6.10 Å². The van der Waals surface area contributed by atoms with Gasteiger partial charge in [0, 0.05) is 57.1 Å². The molecule has 0 bridgehead atoms. The fourth-order valence-corrected chi connectivity index (χ4v) is 8.11. The number of aromatic nitrogens is 2. The fraction of sp³-hybridized carbons (Fsp3) is 0.676. The predicted octanol–water partition coefficient (Wildman–Crippen LogP) is 6.27. The number of ether oxygens (including phenoxy) is 1. The first kappa shape index (κ1) is 28.3. The van der Waals surface area contributed by atoms with E-state index in [-0.39, 0.29) is 6.10 Å². The van der Waals surface area contributed by atoms with Gasteiger partial charge in [0.2, 0.25) is 5.88 Å². The van der Waals surface area contributed by atoms with Gasteiger partial charge < -0.3 is 19.4 Å². The highest BCUT2D eigenvalue weighted by Crippen LogP contribution is 2.46. The van der Waals surface area contributed by atoms with Crippen molar-refractivity contribution in [1.29, 1.82) is 5.26 Å². The number of hydrogen-bond acceptors (Lipinski definition) is 7. The van der Waals surface area contributed by atoms with E-state index in [0.717, 1.165) is 68.4 Å². The minimum atomic E-state index is 0.253. The van der Waals surface area contributed by atoms with Gasteiger partial charge >= 0.3 is 0 Å².